The Hall–Kier alpha value is -0.870. The standard InChI is InChI=1S/C12H13N3.3ClH/c1-2-7-15-12(5-1)10-14-9-11-4-3-6-13-8-11;;;/h1-8,14H,9-10H2;3*1H/p-3. The first kappa shape index (κ1) is 19.5. The fourth-order valence-electron chi connectivity index (χ4n) is 1.34. The van der Waals surface area contributed by atoms with Gasteiger partial charge in [0.15, 0.2) is 0 Å². The van der Waals surface area contributed by atoms with Crippen molar-refractivity contribution in [1.82, 2.24) is 15.3 Å². The highest BCUT2D eigenvalue weighted by Crippen LogP contribution is 1.96. The molecule has 2 aromatic rings. The minimum Gasteiger partial charge on any atom is -1.00 e. The first-order valence-electron chi connectivity index (χ1n) is 4.95. The lowest BCUT2D eigenvalue weighted by molar-refractivity contribution is -0.001000. The summed E-state index contributed by atoms with van der Waals surface area (Å²) >= 11 is 0. The Morgan fingerprint density at radius 2 is 1.72 bits per heavy atom. The molecule has 0 saturated carbocycles. The van der Waals surface area contributed by atoms with Crippen LogP contribution in [0.5, 0.6) is 0 Å². The third-order valence-corrected chi connectivity index (χ3v) is 2.08. The molecule has 18 heavy (non-hydrogen) atoms. The van der Waals surface area contributed by atoms with Gasteiger partial charge >= 0.3 is 0 Å². The van der Waals surface area contributed by atoms with E-state index >= 15 is 0 Å². The van der Waals surface area contributed by atoms with E-state index in [4.69, 9.17) is 0 Å². The van der Waals surface area contributed by atoms with Crippen molar-refractivity contribution in [2.45, 2.75) is 13.1 Å². The summed E-state index contributed by atoms with van der Waals surface area (Å²) in [6.07, 6.45) is 5.45. The van der Waals surface area contributed by atoms with Gasteiger partial charge in [0.05, 0.1) is 5.69 Å². The first-order valence-corrected chi connectivity index (χ1v) is 4.95. The predicted molar refractivity (Wildman–Crippen MR) is 59.0 cm³/mol. The summed E-state index contributed by atoms with van der Waals surface area (Å²) in [5, 5.41) is 3.32. The van der Waals surface area contributed by atoms with Crippen LogP contribution in [0.4, 0.5) is 0 Å². The Morgan fingerprint density at radius 1 is 0.889 bits per heavy atom. The number of pyridine rings is 2. The lowest BCUT2D eigenvalue weighted by atomic mass is 10.3. The summed E-state index contributed by atoms with van der Waals surface area (Å²) in [6.45, 7) is 1.61. The van der Waals surface area contributed by atoms with Crippen molar-refractivity contribution in [2.24, 2.45) is 0 Å². The molecule has 0 amide bonds. The average Bonchev–Trinajstić information content (AvgIpc) is 2.32. The smallest absolute Gasteiger partial charge is 0.0541 e. The molecule has 0 aliphatic rings. The van der Waals surface area contributed by atoms with E-state index in [1.165, 1.54) is 5.56 Å². The van der Waals surface area contributed by atoms with Crippen LogP contribution < -0.4 is 42.5 Å². The summed E-state index contributed by atoms with van der Waals surface area (Å²) in [6, 6.07) is 9.92. The van der Waals surface area contributed by atoms with Crippen molar-refractivity contribution in [1.29, 1.82) is 0 Å². The Kier molecular flexibility index (Phi) is 12.2. The summed E-state index contributed by atoms with van der Waals surface area (Å²) in [5.41, 5.74) is 2.25. The Bertz CT molecular complexity index is 358. The highest BCUT2D eigenvalue weighted by Gasteiger charge is 1.93. The van der Waals surface area contributed by atoms with Crippen LogP contribution in [0.1, 0.15) is 11.3 Å². The van der Waals surface area contributed by atoms with Crippen molar-refractivity contribution in [3.05, 3.63) is 60.2 Å². The lowest BCUT2D eigenvalue weighted by Gasteiger charge is -2.03. The second-order valence-corrected chi connectivity index (χ2v) is 3.29. The van der Waals surface area contributed by atoms with Gasteiger partial charge < -0.3 is 42.5 Å². The molecule has 2 heterocycles. The molecule has 0 saturated heterocycles. The van der Waals surface area contributed by atoms with Crippen LogP contribution in [0.15, 0.2) is 48.9 Å². The molecule has 0 aliphatic carbocycles. The fraction of sp³-hybridized carbons (Fsp3) is 0.167. The number of nitrogens with one attached hydrogen (secondary N) is 1. The third kappa shape index (κ3) is 6.77. The van der Waals surface area contributed by atoms with Crippen LogP contribution in [0.25, 0.3) is 0 Å². The number of hydrogen-bond donors (Lipinski definition) is 1. The van der Waals surface area contributed by atoms with Gasteiger partial charge in [-0.05, 0) is 23.8 Å². The molecular formula is C12H13Cl3N3-3. The van der Waals surface area contributed by atoms with E-state index in [0.717, 1.165) is 18.8 Å². The van der Waals surface area contributed by atoms with Gasteiger partial charge in [-0.25, -0.2) is 0 Å². The Morgan fingerprint density at radius 3 is 2.33 bits per heavy atom. The molecule has 3 nitrogen and oxygen atoms in total. The van der Waals surface area contributed by atoms with Gasteiger partial charge in [0.25, 0.3) is 0 Å². The maximum absolute atomic E-state index is 4.23. The number of halogens is 3. The predicted octanol–water partition coefficient (Wildman–Crippen LogP) is -7.22. The minimum atomic E-state index is 0. The van der Waals surface area contributed by atoms with Crippen LogP contribution in [-0.2, 0) is 13.1 Å². The number of aromatic nitrogens is 2. The molecule has 0 aliphatic heterocycles. The number of hydrogen-bond acceptors (Lipinski definition) is 3. The normalized spacial score (nSPS) is 8.44. The zero-order chi connectivity index (χ0) is 10.3. The van der Waals surface area contributed by atoms with Crippen molar-refractivity contribution < 1.29 is 37.2 Å². The number of nitrogens with zero attached hydrogens (tertiary/aromatic N) is 2. The van der Waals surface area contributed by atoms with Gasteiger partial charge in [-0.3, -0.25) is 9.97 Å². The summed E-state index contributed by atoms with van der Waals surface area (Å²) in [5.74, 6) is 0. The van der Waals surface area contributed by atoms with E-state index in [1.54, 1.807) is 12.4 Å². The second-order valence-electron chi connectivity index (χ2n) is 3.29. The maximum Gasteiger partial charge on any atom is 0.0541 e. The number of rotatable bonds is 4. The maximum atomic E-state index is 4.23. The van der Waals surface area contributed by atoms with Crippen LogP contribution in [0, 0.1) is 0 Å². The molecular weight excluding hydrogens is 293 g/mol. The summed E-state index contributed by atoms with van der Waals surface area (Å²) in [4.78, 5) is 8.29. The molecule has 0 unspecified atom stereocenters. The van der Waals surface area contributed by atoms with E-state index in [-0.39, 0.29) is 37.2 Å². The van der Waals surface area contributed by atoms with Crippen molar-refractivity contribution in [3.63, 3.8) is 0 Å². The van der Waals surface area contributed by atoms with E-state index in [0.29, 0.717) is 0 Å². The van der Waals surface area contributed by atoms with Crippen molar-refractivity contribution in [2.75, 3.05) is 0 Å². The third-order valence-electron chi connectivity index (χ3n) is 2.08. The van der Waals surface area contributed by atoms with E-state index < -0.39 is 0 Å². The fourth-order valence-corrected chi connectivity index (χ4v) is 1.34. The van der Waals surface area contributed by atoms with E-state index in [1.807, 2.05) is 30.5 Å². The zero-order valence-electron chi connectivity index (χ0n) is 9.56. The van der Waals surface area contributed by atoms with Crippen LogP contribution in [0.2, 0.25) is 0 Å². The molecule has 0 fully saturated rings. The molecule has 6 heteroatoms. The van der Waals surface area contributed by atoms with Gasteiger partial charge in [-0.1, -0.05) is 12.1 Å². The Labute approximate surface area is 126 Å². The molecule has 2 rings (SSSR count). The lowest BCUT2D eigenvalue weighted by Crippen LogP contribution is -3.00. The van der Waals surface area contributed by atoms with Gasteiger partial charge in [-0.15, -0.1) is 0 Å². The highest BCUT2D eigenvalue weighted by molar-refractivity contribution is 5.08. The quantitative estimate of drug-likeness (QED) is 0.610. The summed E-state index contributed by atoms with van der Waals surface area (Å²) < 4.78 is 0. The van der Waals surface area contributed by atoms with E-state index in [2.05, 4.69) is 21.4 Å². The topological polar surface area (TPSA) is 37.8 Å². The second kappa shape index (κ2) is 11.2. The van der Waals surface area contributed by atoms with Gasteiger partial charge in [0.1, 0.15) is 0 Å². The van der Waals surface area contributed by atoms with Gasteiger partial charge in [-0.2, -0.15) is 0 Å². The first-order chi connectivity index (χ1) is 7.45. The molecule has 0 aromatic carbocycles. The van der Waals surface area contributed by atoms with Crippen LogP contribution >= 0.6 is 0 Å². The van der Waals surface area contributed by atoms with Crippen LogP contribution in [0.3, 0.4) is 0 Å². The van der Waals surface area contributed by atoms with Gasteiger partial charge in [0.2, 0.25) is 0 Å². The SMILES string of the molecule is [Cl-].[Cl-].[Cl-].c1ccc(CNCc2cccnc2)nc1. The molecule has 100 valence electrons. The molecule has 1 N–H and O–H groups in total. The van der Waals surface area contributed by atoms with Crippen molar-refractivity contribution >= 4 is 0 Å². The molecule has 2 aromatic heterocycles. The molecule has 0 atom stereocenters. The minimum absolute atomic E-state index is 0. The average molecular weight is 306 g/mol. The molecule has 0 bridgehead atoms. The van der Waals surface area contributed by atoms with E-state index in [9.17, 15) is 0 Å². The largest absolute Gasteiger partial charge is 1.00 e. The molecule has 0 spiro atoms. The zero-order valence-corrected chi connectivity index (χ0v) is 11.8. The summed E-state index contributed by atoms with van der Waals surface area (Å²) in [7, 11) is 0. The Balaban J connectivity index is 0. The highest BCUT2D eigenvalue weighted by atomic mass is 35.5. The monoisotopic (exact) mass is 304 g/mol. The van der Waals surface area contributed by atoms with Gasteiger partial charge in [0, 0.05) is 31.7 Å². The van der Waals surface area contributed by atoms with Crippen molar-refractivity contribution in [3.8, 4) is 0 Å². The molecule has 0 radical (unpaired) electrons. The van der Waals surface area contributed by atoms with Crippen LogP contribution in [-0.4, -0.2) is 9.97 Å².